The third kappa shape index (κ3) is 3.52. The number of non-ortho nitro benzene ring substituents is 1. The molecule has 6 rings (SSSR count). The van der Waals surface area contributed by atoms with Crippen molar-refractivity contribution in [1.29, 1.82) is 0 Å². The average Bonchev–Trinajstić information content (AvgIpc) is 3.41. The Morgan fingerprint density at radius 3 is 2.32 bits per heavy atom. The van der Waals surface area contributed by atoms with Crippen LogP contribution in [0.25, 0.3) is 6.08 Å². The van der Waals surface area contributed by atoms with E-state index in [9.17, 15) is 24.5 Å². The summed E-state index contributed by atoms with van der Waals surface area (Å²) >= 11 is 0. The van der Waals surface area contributed by atoms with Gasteiger partial charge in [0, 0.05) is 23.5 Å². The molecule has 3 aliphatic heterocycles. The molecule has 10 nitrogen and oxygen atoms in total. The summed E-state index contributed by atoms with van der Waals surface area (Å²) in [5, 5.41) is 13.8. The van der Waals surface area contributed by atoms with Crippen molar-refractivity contribution in [2.75, 3.05) is 22.2 Å². The van der Waals surface area contributed by atoms with Crippen molar-refractivity contribution in [2.24, 2.45) is 11.8 Å². The van der Waals surface area contributed by atoms with Gasteiger partial charge in [-0.3, -0.25) is 24.5 Å². The van der Waals surface area contributed by atoms with Gasteiger partial charge in [-0.05, 0) is 48.0 Å². The van der Waals surface area contributed by atoms with Gasteiger partial charge in [0.05, 0.1) is 35.6 Å². The molecule has 0 spiro atoms. The van der Waals surface area contributed by atoms with E-state index in [0.29, 0.717) is 17.1 Å². The maximum Gasteiger partial charge on any atom is 0.269 e. The zero-order valence-corrected chi connectivity index (χ0v) is 20.2. The number of methoxy groups -OCH3 is 1. The van der Waals surface area contributed by atoms with Crippen LogP contribution in [0, 0.1) is 22.0 Å². The third-order valence-electron chi connectivity index (χ3n) is 7.36. The van der Waals surface area contributed by atoms with Crippen LogP contribution in [0.4, 0.5) is 22.7 Å². The zero-order chi connectivity index (χ0) is 26.6. The van der Waals surface area contributed by atoms with Crippen LogP contribution in [0.1, 0.15) is 5.56 Å². The molecule has 0 radical (unpaired) electrons. The second-order valence-electron chi connectivity index (χ2n) is 9.32. The van der Waals surface area contributed by atoms with Crippen LogP contribution in [-0.4, -0.2) is 41.8 Å². The number of nitrogens with zero attached hydrogens (tertiary/aromatic N) is 3. The summed E-state index contributed by atoms with van der Waals surface area (Å²) < 4.78 is 5.20. The minimum Gasteiger partial charge on any atom is -0.497 e. The molecule has 0 aromatic heterocycles. The standard InChI is InChI=1S/C28H22N4O6/c1-38-20-13-11-18(12-14-20)30-27(34)23-22-15-6-16-4-2-3-5-21(16)31(22)25(24(23)28(30)35)26(33)29-17-7-9-19(10-8-17)32(36)37/h2-15,22-25H,1H3,(H,29,33)/t22-,23+,24+,25-/m0/s1. The Labute approximate surface area is 217 Å². The molecule has 0 unspecified atom stereocenters. The molecular formula is C28H22N4O6. The largest absolute Gasteiger partial charge is 0.497 e. The number of imide groups is 1. The molecule has 10 heteroatoms. The molecule has 3 heterocycles. The lowest BCUT2D eigenvalue weighted by Crippen LogP contribution is -2.50. The molecule has 2 saturated heterocycles. The summed E-state index contributed by atoms with van der Waals surface area (Å²) in [7, 11) is 1.53. The first kappa shape index (κ1) is 23.4. The maximum atomic E-state index is 13.9. The number of amides is 3. The van der Waals surface area contributed by atoms with E-state index >= 15 is 0 Å². The van der Waals surface area contributed by atoms with Crippen LogP contribution >= 0.6 is 0 Å². The topological polar surface area (TPSA) is 122 Å². The number of hydrogen-bond acceptors (Lipinski definition) is 7. The van der Waals surface area contributed by atoms with Crippen molar-refractivity contribution in [2.45, 2.75) is 12.1 Å². The highest BCUT2D eigenvalue weighted by Crippen LogP contribution is 2.49. The number of fused-ring (bicyclic) bond motifs is 5. The molecule has 3 aromatic carbocycles. The van der Waals surface area contributed by atoms with Gasteiger partial charge in [0.1, 0.15) is 11.8 Å². The first-order valence-electron chi connectivity index (χ1n) is 12.0. The summed E-state index contributed by atoms with van der Waals surface area (Å²) in [6.45, 7) is 0. The fourth-order valence-corrected chi connectivity index (χ4v) is 5.68. The van der Waals surface area contributed by atoms with E-state index in [1.165, 1.54) is 31.4 Å². The molecule has 38 heavy (non-hydrogen) atoms. The van der Waals surface area contributed by atoms with Gasteiger partial charge >= 0.3 is 0 Å². The van der Waals surface area contributed by atoms with E-state index in [-0.39, 0.29) is 11.6 Å². The fraction of sp³-hybridized carbons (Fsp3) is 0.179. The van der Waals surface area contributed by atoms with Crippen LogP contribution in [0.2, 0.25) is 0 Å². The van der Waals surface area contributed by atoms with Crippen molar-refractivity contribution < 1.29 is 24.0 Å². The number of rotatable bonds is 5. The van der Waals surface area contributed by atoms with E-state index in [4.69, 9.17) is 4.74 Å². The fourth-order valence-electron chi connectivity index (χ4n) is 5.68. The molecule has 1 N–H and O–H groups in total. The molecular weight excluding hydrogens is 488 g/mol. The van der Waals surface area contributed by atoms with Crippen molar-refractivity contribution in [3.63, 3.8) is 0 Å². The Kier molecular flexibility index (Phi) is 5.45. The molecule has 0 bridgehead atoms. The highest BCUT2D eigenvalue weighted by Gasteiger charge is 2.64. The normalized spacial score (nSPS) is 23.1. The molecule has 190 valence electrons. The van der Waals surface area contributed by atoms with Gasteiger partial charge in [-0.25, -0.2) is 4.90 Å². The Morgan fingerprint density at radius 1 is 0.947 bits per heavy atom. The van der Waals surface area contributed by atoms with E-state index in [2.05, 4.69) is 5.32 Å². The lowest BCUT2D eigenvalue weighted by molar-refractivity contribution is -0.384. The minimum atomic E-state index is -0.981. The van der Waals surface area contributed by atoms with Gasteiger partial charge in [-0.1, -0.05) is 30.4 Å². The highest BCUT2D eigenvalue weighted by atomic mass is 16.6. The summed E-state index contributed by atoms with van der Waals surface area (Å²) in [6, 6.07) is 18.1. The van der Waals surface area contributed by atoms with Crippen molar-refractivity contribution in [3.8, 4) is 5.75 Å². The smallest absolute Gasteiger partial charge is 0.269 e. The Hall–Kier alpha value is -4.99. The van der Waals surface area contributed by atoms with Crippen LogP contribution in [-0.2, 0) is 14.4 Å². The summed E-state index contributed by atoms with van der Waals surface area (Å²) in [6.07, 6.45) is 3.79. The van der Waals surface area contributed by atoms with Crippen LogP contribution < -0.4 is 19.9 Å². The predicted molar refractivity (Wildman–Crippen MR) is 140 cm³/mol. The monoisotopic (exact) mass is 510 g/mol. The second-order valence-corrected chi connectivity index (χ2v) is 9.32. The van der Waals surface area contributed by atoms with Gasteiger partial charge < -0.3 is 15.0 Å². The van der Waals surface area contributed by atoms with E-state index in [1.54, 1.807) is 24.3 Å². The molecule has 4 atom stereocenters. The van der Waals surface area contributed by atoms with Crippen molar-refractivity contribution in [1.82, 2.24) is 0 Å². The molecule has 0 aliphatic carbocycles. The van der Waals surface area contributed by atoms with E-state index < -0.39 is 40.7 Å². The van der Waals surface area contributed by atoms with Gasteiger partial charge in [-0.2, -0.15) is 0 Å². The molecule has 3 amide bonds. The third-order valence-corrected chi connectivity index (χ3v) is 7.36. The Balaban J connectivity index is 1.39. The number of carbonyl (C=O) groups excluding carboxylic acids is 3. The van der Waals surface area contributed by atoms with Gasteiger partial charge in [0.25, 0.3) is 5.69 Å². The quantitative estimate of drug-likeness (QED) is 0.316. The second kappa shape index (κ2) is 8.84. The summed E-state index contributed by atoms with van der Waals surface area (Å²) in [5.74, 6) is -2.39. The number of nitrogens with one attached hydrogen (secondary N) is 1. The predicted octanol–water partition coefficient (Wildman–Crippen LogP) is 3.63. The number of benzene rings is 3. The Morgan fingerprint density at radius 2 is 1.63 bits per heavy atom. The van der Waals surface area contributed by atoms with Gasteiger partial charge in [0.15, 0.2) is 0 Å². The Bertz CT molecular complexity index is 1500. The van der Waals surface area contributed by atoms with Crippen LogP contribution in [0.15, 0.2) is 78.9 Å². The van der Waals surface area contributed by atoms with Crippen molar-refractivity contribution >= 4 is 46.5 Å². The number of carbonyl (C=O) groups is 3. The molecule has 3 aliphatic rings. The van der Waals surface area contributed by atoms with Crippen molar-refractivity contribution in [3.05, 3.63) is 94.6 Å². The number of anilines is 3. The zero-order valence-electron chi connectivity index (χ0n) is 20.2. The summed E-state index contributed by atoms with van der Waals surface area (Å²) in [5.41, 5.74) is 2.30. The SMILES string of the molecule is COc1ccc(N2C(=O)[C@@H]3[C@H](C2=O)[C@@H]2C=Cc4ccccc4N2[C@@H]3C(=O)Nc2ccc([N+](=O)[O-])cc2)cc1. The van der Waals surface area contributed by atoms with Crippen LogP contribution in [0.5, 0.6) is 5.75 Å². The molecule has 0 saturated carbocycles. The first-order chi connectivity index (χ1) is 18.4. The van der Waals surface area contributed by atoms with E-state index in [0.717, 1.165) is 16.2 Å². The molecule has 3 aromatic rings. The number of nitro groups is 1. The lowest BCUT2D eigenvalue weighted by Gasteiger charge is -2.36. The number of nitro benzene ring substituents is 1. The van der Waals surface area contributed by atoms with E-state index in [1.807, 2.05) is 41.3 Å². The van der Waals surface area contributed by atoms with Gasteiger partial charge in [-0.15, -0.1) is 0 Å². The maximum absolute atomic E-state index is 13.9. The van der Waals surface area contributed by atoms with Crippen LogP contribution in [0.3, 0.4) is 0 Å². The summed E-state index contributed by atoms with van der Waals surface area (Å²) in [4.78, 5) is 54.9. The number of hydrogen-bond donors (Lipinski definition) is 1. The first-order valence-corrected chi connectivity index (χ1v) is 12.0. The lowest BCUT2D eigenvalue weighted by atomic mass is 9.88. The number of ether oxygens (including phenoxy) is 1. The van der Waals surface area contributed by atoms with Gasteiger partial charge in [0.2, 0.25) is 17.7 Å². The highest BCUT2D eigenvalue weighted by molar-refractivity contribution is 6.25. The minimum absolute atomic E-state index is 0.106. The molecule has 2 fully saturated rings. The average molecular weight is 511 g/mol. The number of para-hydroxylation sites is 1.